The topological polar surface area (TPSA) is 102 Å². The van der Waals surface area contributed by atoms with Crippen molar-refractivity contribution in [1.29, 1.82) is 0 Å². The van der Waals surface area contributed by atoms with Crippen LogP contribution in [0.25, 0.3) is 33.7 Å². The van der Waals surface area contributed by atoms with Crippen LogP contribution >= 0.6 is 0 Å². The Kier molecular flexibility index (Phi) is 5.81. The number of hydrogen-bond donors (Lipinski definition) is 2. The molecule has 7 rings (SSSR count). The molecule has 190 valence electrons. The Morgan fingerprint density at radius 2 is 1.47 bits per heavy atom. The maximum atomic E-state index is 10.5. The number of rotatable bonds is 7. The summed E-state index contributed by atoms with van der Waals surface area (Å²) in [6, 6.07) is 20.8. The van der Waals surface area contributed by atoms with E-state index in [1.165, 1.54) is 19.3 Å². The lowest BCUT2D eigenvalue weighted by Crippen LogP contribution is -2.27. The van der Waals surface area contributed by atoms with Crippen molar-refractivity contribution in [2.24, 2.45) is 0 Å². The smallest absolute Gasteiger partial charge is 0.165 e. The van der Waals surface area contributed by atoms with Gasteiger partial charge in [-0.2, -0.15) is 0 Å². The SMILES string of the molecule is OC[C@@H]1C[C@H](Cn2cnc3c(NC4CCC4)ncnc32)c2c(-c3ccccc3)nnc(-c3ccccc3)c21. The third-order valence-corrected chi connectivity index (χ3v) is 8.02. The third kappa shape index (κ3) is 3.92. The van der Waals surface area contributed by atoms with Gasteiger partial charge < -0.3 is 15.0 Å². The van der Waals surface area contributed by atoms with Gasteiger partial charge in [0.1, 0.15) is 11.8 Å². The molecule has 2 aliphatic carbocycles. The second-order valence-corrected chi connectivity index (χ2v) is 10.3. The largest absolute Gasteiger partial charge is 0.396 e. The second-order valence-electron chi connectivity index (χ2n) is 10.3. The Morgan fingerprint density at radius 3 is 2.08 bits per heavy atom. The van der Waals surface area contributed by atoms with Crippen molar-refractivity contribution in [3.63, 3.8) is 0 Å². The van der Waals surface area contributed by atoms with E-state index in [9.17, 15) is 5.11 Å². The molecule has 3 aromatic heterocycles. The van der Waals surface area contributed by atoms with Crippen LogP contribution in [0.3, 0.4) is 0 Å². The van der Waals surface area contributed by atoms with E-state index in [4.69, 9.17) is 15.2 Å². The van der Waals surface area contributed by atoms with Crippen LogP contribution in [0.4, 0.5) is 5.82 Å². The normalized spacial score (nSPS) is 18.9. The first-order valence-electron chi connectivity index (χ1n) is 13.3. The van der Waals surface area contributed by atoms with Gasteiger partial charge in [-0.3, -0.25) is 0 Å². The Labute approximate surface area is 220 Å². The average Bonchev–Trinajstić information content (AvgIpc) is 3.53. The number of aromatic nitrogens is 6. The number of hydrogen-bond acceptors (Lipinski definition) is 7. The number of fused-ring (bicyclic) bond motifs is 2. The van der Waals surface area contributed by atoms with Crippen molar-refractivity contribution in [3.8, 4) is 22.5 Å². The van der Waals surface area contributed by atoms with Crippen molar-refractivity contribution >= 4 is 17.0 Å². The summed E-state index contributed by atoms with van der Waals surface area (Å²) in [7, 11) is 0. The Hall–Kier alpha value is -4.17. The molecule has 3 heterocycles. The number of anilines is 1. The summed E-state index contributed by atoms with van der Waals surface area (Å²) in [6.07, 6.45) is 7.88. The predicted octanol–water partition coefficient (Wildman–Crippen LogP) is 5.18. The minimum Gasteiger partial charge on any atom is -0.396 e. The molecule has 2 aromatic carbocycles. The number of aliphatic hydroxyl groups excluding tert-OH is 1. The van der Waals surface area contributed by atoms with Gasteiger partial charge in [-0.1, -0.05) is 60.7 Å². The highest BCUT2D eigenvalue weighted by Crippen LogP contribution is 2.49. The summed E-state index contributed by atoms with van der Waals surface area (Å²) in [4.78, 5) is 13.8. The van der Waals surface area contributed by atoms with Crippen molar-refractivity contribution in [3.05, 3.63) is 84.4 Å². The van der Waals surface area contributed by atoms with E-state index in [1.54, 1.807) is 6.33 Å². The van der Waals surface area contributed by atoms with Crippen LogP contribution in [0.1, 0.15) is 48.6 Å². The van der Waals surface area contributed by atoms with E-state index in [0.29, 0.717) is 12.6 Å². The molecule has 5 aromatic rings. The molecule has 0 spiro atoms. The molecule has 1 saturated carbocycles. The summed E-state index contributed by atoms with van der Waals surface area (Å²) < 4.78 is 2.12. The Balaban J connectivity index is 1.33. The molecule has 0 unspecified atom stereocenters. The van der Waals surface area contributed by atoms with Gasteiger partial charge >= 0.3 is 0 Å². The van der Waals surface area contributed by atoms with Gasteiger partial charge in [0, 0.05) is 35.5 Å². The highest BCUT2D eigenvalue weighted by Gasteiger charge is 2.37. The summed E-state index contributed by atoms with van der Waals surface area (Å²) in [5, 5.41) is 23.6. The van der Waals surface area contributed by atoms with Gasteiger partial charge in [-0.25, -0.2) is 15.0 Å². The number of nitrogens with one attached hydrogen (secondary N) is 1. The Morgan fingerprint density at radius 1 is 0.816 bits per heavy atom. The molecule has 0 radical (unpaired) electrons. The molecule has 2 N–H and O–H groups in total. The third-order valence-electron chi connectivity index (χ3n) is 8.02. The van der Waals surface area contributed by atoms with Crippen molar-refractivity contribution < 1.29 is 5.11 Å². The van der Waals surface area contributed by atoms with Gasteiger partial charge in [0.15, 0.2) is 11.5 Å². The summed E-state index contributed by atoms with van der Waals surface area (Å²) in [5.41, 5.74) is 7.67. The van der Waals surface area contributed by atoms with Crippen LogP contribution in [0, 0.1) is 0 Å². The van der Waals surface area contributed by atoms with E-state index in [1.807, 2.05) is 42.7 Å². The number of nitrogens with zero attached hydrogens (tertiary/aromatic N) is 6. The zero-order chi connectivity index (χ0) is 25.5. The molecule has 0 bridgehead atoms. The van der Waals surface area contributed by atoms with Gasteiger partial charge in [0.2, 0.25) is 0 Å². The van der Waals surface area contributed by atoms with Crippen LogP contribution in [-0.2, 0) is 6.54 Å². The quantitative estimate of drug-likeness (QED) is 0.316. The maximum Gasteiger partial charge on any atom is 0.165 e. The monoisotopic (exact) mass is 503 g/mol. The van der Waals surface area contributed by atoms with E-state index in [0.717, 1.165) is 57.0 Å². The first-order valence-corrected chi connectivity index (χ1v) is 13.3. The predicted molar refractivity (Wildman–Crippen MR) is 147 cm³/mol. The zero-order valence-corrected chi connectivity index (χ0v) is 21.0. The highest BCUT2D eigenvalue weighted by atomic mass is 16.3. The molecule has 1 fully saturated rings. The van der Waals surface area contributed by atoms with E-state index >= 15 is 0 Å². The Bertz CT molecular complexity index is 1580. The van der Waals surface area contributed by atoms with Crippen LogP contribution < -0.4 is 5.32 Å². The fourth-order valence-electron chi connectivity index (χ4n) is 5.92. The lowest BCUT2D eigenvalue weighted by atomic mass is 9.93. The number of benzene rings is 2. The molecular weight excluding hydrogens is 474 g/mol. The first-order chi connectivity index (χ1) is 18.8. The van der Waals surface area contributed by atoms with E-state index in [2.05, 4.69) is 44.1 Å². The summed E-state index contributed by atoms with van der Waals surface area (Å²) in [6.45, 7) is 0.741. The van der Waals surface area contributed by atoms with Gasteiger partial charge in [0.25, 0.3) is 0 Å². The van der Waals surface area contributed by atoms with E-state index < -0.39 is 0 Å². The number of aliphatic hydroxyl groups is 1. The van der Waals surface area contributed by atoms with Gasteiger partial charge in [0.05, 0.1) is 24.3 Å². The lowest BCUT2D eigenvalue weighted by Gasteiger charge is -2.26. The average molecular weight is 504 g/mol. The minimum atomic E-state index is -0.0246. The van der Waals surface area contributed by atoms with E-state index in [-0.39, 0.29) is 18.4 Å². The minimum absolute atomic E-state index is 0.0246. The molecular formula is C30H29N7O. The van der Waals surface area contributed by atoms with Crippen molar-refractivity contribution in [2.75, 3.05) is 11.9 Å². The fourth-order valence-corrected chi connectivity index (χ4v) is 5.92. The summed E-state index contributed by atoms with van der Waals surface area (Å²) >= 11 is 0. The van der Waals surface area contributed by atoms with Crippen LogP contribution in [0.2, 0.25) is 0 Å². The first kappa shape index (κ1) is 23.0. The fraction of sp³-hybridized carbons (Fsp3) is 0.300. The molecule has 0 amide bonds. The zero-order valence-electron chi connectivity index (χ0n) is 21.0. The molecule has 2 aliphatic rings. The number of imidazole rings is 1. The molecule has 0 aliphatic heterocycles. The van der Waals surface area contributed by atoms with Gasteiger partial charge in [-0.05, 0) is 36.8 Å². The standard InChI is InChI=1S/C30H29N7O/c38-16-22-14-21(15-37-18-33-28-29(31-17-32-30(28)37)34-23-12-7-13-23)24-25(22)27(20-10-5-2-6-11-20)36-35-26(24)19-8-3-1-4-9-19/h1-6,8-11,17-18,21-23,38H,7,12-16H2,(H,31,32,34)/t21-,22+/m1/s1. The maximum absolute atomic E-state index is 10.5. The highest BCUT2D eigenvalue weighted by molar-refractivity contribution is 5.83. The van der Waals surface area contributed by atoms with Crippen LogP contribution in [0.5, 0.6) is 0 Å². The second kappa shape index (κ2) is 9.61. The molecule has 38 heavy (non-hydrogen) atoms. The summed E-state index contributed by atoms with van der Waals surface area (Å²) in [5.74, 6) is 0.898. The van der Waals surface area contributed by atoms with Crippen molar-refractivity contribution in [1.82, 2.24) is 29.7 Å². The van der Waals surface area contributed by atoms with Crippen LogP contribution in [-0.4, -0.2) is 47.5 Å². The van der Waals surface area contributed by atoms with Crippen molar-refractivity contribution in [2.45, 2.75) is 50.1 Å². The molecule has 8 nitrogen and oxygen atoms in total. The molecule has 8 heteroatoms. The molecule has 2 atom stereocenters. The van der Waals surface area contributed by atoms with Gasteiger partial charge in [-0.15, -0.1) is 10.2 Å². The molecule has 0 saturated heterocycles. The van der Waals surface area contributed by atoms with Crippen LogP contribution in [0.15, 0.2) is 73.3 Å². The lowest BCUT2D eigenvalue weighted by molar-refractivity contribution is 0.260.